The lowest BCUT2D eigenvalue weighted by molar-refractivity contribution is -0.151. The predicted molar refractivity (Wildman–Crippen MR) is 62.7 cm³/mol. The molecule has 1 saturated carbocycles. The van der Waals surface area contributed by atoms with Crippen LogP contribution in [0, 0.1) is 5.41 Å². The molecule has 15 heavy (non-hydrogen) atoms. The predicted octanol–water partition coefficient (Wildman–Crippen LogP) is 0.804. The number of alkyl halides is 1. The number of halogens is 1. The number of hydrogen-bond acceptors (Lipinski definition) is 4. The summed E-state index contributed by atoms with van der Waals surface area (Å²) in [5.74, 6) is -0.267. The Bertz CT molecular complexity index is 297. The van der Waals surface area contributed by atoms with Gasteiger partial charge in [-0.05, 0) is 25.8 Å². The minimum Gasteiger partial charge on any atom is -0.460 e. The molecule has 2 N–H and O–H groups in total. The second kappa shape index (κ2) is 4.01. The van der Waals surface area contributed by atoms with Crippen LogP contribution < -0.4 is 5.73 Å². The molecule has 1 saturated heterocycles. The van der Waals surface area contributed by atoms with Gasteiger partial charge in [0, 0.05) is 6.42 Å². The Labute approximate surface area is 102 Å². The summed E-state index contributed by atoms with van der Waals surface area (Å²) in [6.45, 7) is 0.510. The molecule has 0 aromatic rings. The van der Waals surface area contributed by atoms with Crippen LogP contribution in [0.15, 0.2) is 0 Å². The highest BCUT2D eigenvalue weighted by Crippen LogP contribution is 2.49. The quantitative estimate of drug-likeness (QED) is 0.361. The maximum absolute atomic E-state index is 12.0. The van der Waals surface area contributed by atoms with Crippen LogP contribution in [0.5, 0.6) is 0 Å². The van der Waals surface area contributed by atoms with Gasteiger partial charge in [0.2, 0.25) is 0 Å². The number of Topliss-reactive ketones (excluding diaryl/α,β-unsaturated/α-hetero) is 1. The van der Waals surface area contributed by atoms with Gasteiger partial charge in [0.25, 0.3) is 0 Å². The van der Waals surface area contributed by atoms with E-state index in [-0.39, 0.29) is 21.8 Å². The fraction of sp³-hybridized carbons (Fsp3) is 0.800. The van der Waals surface area contributed by atoms with Crippen molar-refractivity contribution in [2.24, 2.45) is 11.1 Å². The molecule has 1 heterocycles. The first-order chi connectivity index (χ1) is 7.13. The average Bonchev–Trinajstić information content (AvgIpc) is 2.37. The monoisotopic (exact) mass is 323 g/mol. The van der Waals surface area contributed by atoms with Crippen molar-refractivity contribution in [1.29, 1.82) is 0 Å². The Hall–Kier alpha value is -0.170. The van der Waals surface area contributed by atoms with E-state index in [0.29, 0.717) is 32.2 Å². The zero-order valence-electron chi connectivity index (χ0n) is 8.37. The van der Waals surface area contributed by atoms with Crippen molar-refractivity contribution in [3.05, 3.63) is 0 Å². The van der Waals surface area contributed by atoms with Crippen LogP contribution in [0.4, 0.5) is 0 Å². The van der Waals surface area contributed by atoms with Gasteiger partial charge in [-0.15, -0.1) is 0 Å². The number of carbonyl (C=O) groups excluding carboxylic acids is 2. The van der Waals surface area contributed by atoms with Crippen LogP contribution in [-0.4, -0.2) is 28.3 Å². The molecule has 5 heteroatoms. The maximum atomic E-state index is 12.0. The molecule has 84 valence electrons. The van der Waals surface area contributed by atoms with Crippen LogP contribution >= 0.6 is 22.6 Å². The molecular weight excluding hydrogens is 309 g/mol. The minimum atomic E-state index is -0.872. The van der Waals surface area contributed by atoms with E-state index in [2.05, 4.69) is 22.6 Å². The molecule has 3 atom stereocenters. The summed E-state index contributed by atoms with van der Waals surface area (Å²) in [4.78, 5) is 23.8. The number of ketones is 1. The van der Waals surface area contributed by atoms with Crippen molar-refractivity contribution in [1.82, 2.24) is 0 Å². The summed E-state index contributed by atoms with van der Waals surface area (Å²) < 4.78 is 5.26. The van der Waals surface area contributed by atoms with Crippen molar-refractivity contribution in [3.8, 4) is 0 Å². The number of fused-ring (bicyclic) bond motifs is 2. The average molecular weight is 323 g/mol. The Morgan fingerprint density at radius 1 is 1.53 bits per heavy atom. The van der Waals surface area contributed by atoms with Crippen LogP contribution in [0.1, 0.15) is 25.7 Å². The van der Waals surface area contributed by atoms with Crippen LogP contribution in [0.2, 0.25) is 0 Å². The molecule has 2 aliphatic rings. The van der Waals surface area contributed by atoms with Gasteiger partial charge in [-0.3, -0.25) is 9.59 Å². The Morgan fingerprint density at radius 3 is 2.93 bits per heavy atom. The van der Waals surface area contributed by atoms with E-state index in [1.54, 1.807) is 0 Å². The molecule has 4 nitrogen and oxygen atoms in total. The third kappa shape index (κ3) is 1.51. The van der Waals surface area contributed by atoms with Crippen LogP contribution in [-0.2, 0) is 14.3 Å². The summed E-state index contributed by atoms with van der Waals surface area (Å²) in [7, 11) is 0. The number of ether oxygens (including phenoxy) is 1. The Kier molecular flexibility index (Phi) is 3.03. The van der Waals surface area contributed by atoms with Gasteiger partial charge in [-0.2, -0.15) is 0 Å². The van der Waals surface area contributed by atoms with Gasteiger partial charge < -0.3 is 10.5 Å². The molecule has 0 amide bonds. The van der Waals surface area contributed by atoms with E-state index in [1.165, 1.54) is 0 Å². The standard InChI is InChI=1S/C10H14INO3/c11-8-6-2-3-7(13)10(8,4-1-5-12)9(14)15-6/h6,8H,1-5,12H2/t6-,8-,10+/m1/s1. The van der Waals surface area contributed by atoms with E-state index in [0.717, 1.165) is 0 Å². The van der Waals surface area contributed by atoms with E-state index in [9.17, 15) is 9.59 Å². The zero-order valence-corrected chi connectivity index (χ0v) is 10.5. The summed E-state index contributed by atoms with van der Waals surface area (Å²) >= 11 is 2.19. The highest BCUT2D eigenvalue weighted by molar-refractivity contribution is 14.1. The lowest BCUT2D eigenvalue weighted by Gasteiger charge is -2.31. The summed E-state index contributed by atoms with van der Waals surface area (Å²) in [5.41, 5.74) is 4.57. The molecule has 2 rings (SSSR count). The Morgan fingerprint density at radius 2 is 2.27 bits per heavy atom. The van der Waals surface area contributed by atoms with Crippen molar-refractivity contribution in [3.63, 3.8) is 0 Å². The van der Waals surface area contributed by atoms with Crippen molar-refractivity contribution in [2.45, 2.75) is 35.7 Å². The van der Waals surface area contributed by atoms with E-state index in [4.69, 9.17) is 10.5 Å². The molecule has 1 aliphatic carbocycles. The molecule has 0 aromatic heterocycles. The van der Waals surface area contributed by atoms with E-state index >= 15 is 0 Å². The second-order valence-electron chi connectivity index (χ2n) is 4.17. The van der Waals surface area contributed by atoms with Gasteiger partial charge in [-0.1, -0.05) is 22.6 Å². The van der Waals surface area contributed by atoms with E-state index in [1.807, 2.05) is 0 Å². The topological polar surface area (TPSA) is 69.4 Å². The van der Waals surface area contributed by atoms with Crippen LogP contribution in [0.25, 0.3) is 0 Å². The third-order valence-electron chi connectivity index (χ3n) is 3.35. The lowest BCUT2D eigenvalue weighted by atomic mass is 9.71. The maximum Gasteiger partial charge on any atom is 0.321 e. The largest absolute Gasteiger partial charge is 0.460 e. The summed E-state index contributed by atoms with van der Waals surface area (Å²) in [5, 5.41) is 0. The Balaban J connectivity index is 2.29. The first-order valence-electron chi connectivity index (χ1n) is 5.21. The van der Waals surface area contributed by atoms with Gasteiger partial charge in [0.1, 0.15) is 11.5 Å². The minimum absolute atomic E-state index is 0.00426. The van der Waals surface area contributed by atoms with Crippen molar-refractivity contribution in [2.75, 3.05) is 6.54 Å². The third-order valence-corrected chi connectivity index (χ3v) is 5.21. The SMILES string of the molecule is NCCC[C@@]12C(=O)CC[C@@H](OC1=O)[C@H]2I. The fourth-order valence-corrected chi connectivity index (χ4v) is 3.88. The molecule has 0 radical (unpaired) electrons. The molecule has 2 bridgehead atoms. The zero-order chi connectivity index (χ0) is 11.1. The second-order valence-corrected chi connectivity index (χ2v) is 5.51. The van der Waals surface area contributed by atoms with Gasteiger partial charge in [0.05, 0.1) is 3.92 Å². The number of esters is 1. The molecule has 0 aromatic carbocycles. The lowest BCUT2D eigenvalue weighted by Crippen LogP contribution is -2.46. The molecule has 0 spiro atoms. The molecular formula is C10H14INO3. The van der Waals surface area contributed by atoms with Gasteiger partial charge in [0.15, 0.2) is 5.78 Å². The highest BCUT2D eigenvalue weighted by atomic mass is 127. The van der Waals surface area contributed by atoms with Gasteiger partial charge in [-0.25, -0.2) is 0 Å². The van der Waals surface area contributed by atoms with Gasteiger partial charge >= 0.3 is 5.97 Å². The molecule has 1 aliphatic heterocycles. The number of nitrogens with two attached hydrogens (primary N) is 1. The van der Waals surface area contributed by atoms with Crippen molar-refractivity contribution >= 4 is 34.3 Å². The van der Waals surface area contributed by atoms with E-state index < -0.39 is 5.41 Å². The van der Waals surface area contributed by atoms with Crippen molar-refractivity contribution < 1.29 is 14.3 Å². The van der Waals surface area contributed by atoms with Crippen LogP contribution in [0.3, 0.4) is 0 Å². The first-order valence-corrected chi connectivity index (χ1v) is 6.46. The highest BCUT2D eigenvalue weighted by Gasteiger charge is 2.62. The first kappa shape index (κ1) is 11.3. The molecule has 0 unspecified atom stereocenters. The molecule has 2 fully saturated rings. The number of hydrogen-bond donors (Lipinski definition) is 1. The normalized spacial score (nSPS) is 39.3. The smallest absolute Gasteiger partial charge is 0.321 e. The number of rotatable bonds is 3. The summed E-state index contributed by atoms with van der Waals surface area (Å²) in [6, 6.07) is 0. The number of carbonyl (C=O) groups is 2. The summed E-state index contributed by atoms with van der Waals surface area (Å²) in [6.07, 6.45) is 2.34. The fourth-order valence-electron chi connectivity index (χ4n) is 2.46.